The molecular weight excluding hydrogens is 112 g/mol. The van der Waals surface area contributed by atoms with E-state index in [2.05, 4.69) is 12.0 Å². The van der Waals surface area contributed by atoms with Crippen LogP contribution in [0.5, 0.6) is 0 Å². The summed E-state index contributed by atoms with van der Waals surface area (Å²) < 4.78 is 0. The number of nitrogens with one attached hydrogen (secondary N) is 1. The van der Waals surface area contributed by atoms with Crippen LogP contribution in [0.4, 0.5) is 0 Å². The molecule has 0 radical (unpaired) electrons. The van der Waals surface area contributed by atoms with Crippen molar-refractivity contribution in [1.82, 2.24) is 5.43 Å². The smallest absolute Gasteiger partial charge is 0.0442 e. The second-order valence-electron chi connectivity index (χ2n) is 2.83. The Kier molecular flexibility index (Phi) is 1.88. The van der Waals surface area contributed by atoms with Crippen molar-refractivity contribution in [2.24, 2.45) is 11.8 Å². The summed E-state index contributed by atoms with van der Waals surface area (Å²) in [5, 5.41) is 0. The van der Waals surface area contributed by atoms with Crippen LogP contribution in [0.25, 0.3) is 0 Å². The molecule has 2 nitrogen and oxygen atoms in total. The van der Waals surface area contributed by atoms with Gasteiger partial charge in [0.05, 0.1) is 0 Å². The fourth-order valence-electron chi connectivity index (χ4n) is 1.11. The van der Waals surface area contributed by atoms with E-state index in [0.29, 0.717) is 6.04 Å². The van der Waals surface area contributed by atoms with Gasteiger partial charge in [0.1, 0.15) is 0 Å². The molecule has 1 atom stereocenters. The van der Waals surface area contributed by atoms with Gasteiger partial charge in [-0.15, -0.1) is 0 Å². The van der Waals surface area contributed by atoms with Crippen LogP contribution in [-0.4, -0.2) is 6.04 Å². The first-order chi connectivity index (χ1) is 4.25. The monoisotopic (exact) mass is 126 g/mol. The summed E-state index contributed by atoms with van der Waals surface area (Å²) in [6, 6.07) is 0.366. The van der Waals surface area contributed by atoms with Gasteiger partial charge < -0.3 is 0 Å². The minimum atomic E-state index is 0.366. The highest BCUT2D eigenvalue weighted by Crippen LogP contribution is 2.34. The fourth-order valence-corrected chi connectivity index (χ4v) is 1.11. The van der Waals surface area contributed by atoms with Crippen molar-refractivity contribution in [3.05, 3.63) is 12.2 Å². The molecule has 3 N–H and O–H groups in total. The number of hydrazine groups is 1. The molecule has 0 saturated heterocycles. The van der Waals surface area contributed by atoms with Gasteiger partial charge in [0.15, 0.2) is 0 Å². The summed E-state index contributed by atoms with van der Waals surface area (Å²) in [4.78, 5) is 0. The Labute approximate surface area is 56.1 Å². The van der Waals surface area contributed by atoms with Gasteiger partial charge in [0.25, 0.3) is 0 Å². The Morgan fingerprint density at radius 2 is 2.33 bits per heavy atom. The van der Waals surface area contributed by atoms with E-state index >= 15 is 0 Å². The molecular formula is C7H14N2. The first-order valence-electron chi connectivity index (χ1n) is 3.37. The summed E-state index contributed by atoms with van der Waals surface area (Å²) in [5.74, 6) is 6.07. The number of hydrogen-bond acceptors (Lipinski definition) is 2. The normalized spacial score (nSPS) is 21.6. The van der Waals surface area contributed by atoms with E-state index in [9.17, 15) is 0 Å². The molecule has 1 aliphatic rings. The standard InChI is InChI=1S/C7H14N2/c1-5(2)7(9-8)6-3-4-6/h6-7,9H,1,3-4,8H2,2H3. The van der Waals surface area contributed by atoms with E-state index in [1.165, 1.54) is 12.8 Å². The van der Waals surface area contributed by atoms with Crippen LogP contribution in [0, 0.1) is 5.92 Å². The molecule has 0 aromatic carbocycles. The van der Waals surface area contributed by atoms with Crippen LogP contribution in [0.1, 0.15) is 19.8 Å². The SMILES string of the molecule is C=C(C)C(NN)C1CC1. The second-order valence-corrected chi connectivity index (χ2v) is 2.83. The summed E-state index contributed by atoms with van der Waals surface area (Å²) in [5.41, 5.74) is 3.92. The van der Waals surface area contributed by atoms with Crippen LogP contribution in [0.15, 0.2) is 12.2 Å². The molecule has 0 aromatic heterocycles. The van der Waals surface area contributed by atoms with E-state index in [-0.39, 0.29) is 0 Å². The zero-order valence-electron chi connectivity index (χ0n) is 5.85. The molecule has 1 aliphatic carbocycles. The Morgan fingerprint density at radius 3 is 2.44 bits per heavy atom. The average molecular weight is 126 g/mol. The Balaban J connectivity index is 2.37. The lowest BCUT2D eigenvalue weighted by atomic mass is 10.1. The molecule has 0 bridgehead atoms. The Hall–Kier alpha value is -0.340. The van der Waals surface area contributed by atoms with E-state index in [4.69, 9.17) is 5.84 Å². The Bertz CT molecular complexity index is 116. The lowest BCUT2D eigenvalue weighted by molar-refractivity contribution is 0.536. The highest BCUT2D eigenvalue weighted by atomic mass is 15.2. The van der Waals surface area contributed by atoms with Crippen molar-refractivity contribution < 1.29 is 0 Å². The fraction of sp³-hybridized carbons (Fsp3) is 0.714. The first kappa shape index (κ1) is 6.78. The van der Waals surface area contributed by atoms with Gasteiger partial charge in [0.2, 0.25) is 0 Å². The van der Waals surface area contributed by atoms with Crippen molar-refractivity contribution in [3.63, 3.8) is 0 Å². The van der Waals surface area contributed by atoms with Crippen LogP contribution in [0.3, 0.4) is 0 Å². The zero-order chi connectivity index (χ0) is 6.85. The Morgan fingerprint density at radius 1 is 1.78 bits per heavy atom. The second kappa shape index (κ2) is 2.50. The minimum absolute atomic E-state index is 0.366. The molecule has 1 rings (SSSR count). The molecule has 0 aliphatic heterocycles. The predicted molar refractivity (Wildman–Crippen MR) is 38.6 cm³/mol. The third-order valence-electron chi connectivity index (χ3n) is 1.80. The predicted octanol–water partition coefficient (Wildman–Crippen LogP) is 0.804. The minimum Gasteiger partial charge on any atom is -0.271 e. The van der Waals surface area contributed by atoms with Gasteiger partial charge in [-0.1, -0.05) is 12.2 Å². The molecule has 1 fully saturated rings. The lowest BCUT2D eigenvalue weighted by Gasteiger charge is -2.13. The molecule has 0 heterocycles. The number of hydrogen-bond donors (Lipinski definition) is 2. The zero-order valence-corrected chi connectivity index (χ0v) is 5.85. The van der Waals surface area contributed by atoms with Crippen molar-refractivity contribution in [1.29, 1.82) is 0 Å². The summed E-state index contributed by atoms with van der Waals surface area (Å²) >= 11 is 0. The molecule has 52 valence electrons. The summed E-state index contributed by atoms with van der Waals surface area (Å²) in [6.45, 7) is 5.86. The van der Waals surface area contributed by atoms with Crippen LogP contribution in [-0.2, 0) is 0 Å². The van der Waals surface area contributed by atoms with E-state index in [1.54, 1.807) is 0 Å². The third-order valence-corrected chi connectivity index (χ3v) is 1.80. The molecule has 1 unspecified atom stereocenters. The van der Waals surface area contributed by atoms with E-state index in [1.807, 2.05) is 6.92 Å². The summed E-state index contributed by atoms with van der Waals surface area (Å²) in [6.07, 6.45) is 2.61. The van der Waals surface area contributed by atoms with Crippen molar-refractivity contribution >= 4 is 0 Å². The topological polar surface area (TPSA) is 38.0 Å². The van der Waals surface area contributed by atoms with E-state index in [0.717, 1.165) is 11.5 Å². The maximum atomic E-state index is 5.30. The van der Waals surface area contributed by atoms with Crippen LogP contribution >= 0.6 is 0 Å². The maximum absolute atomic E-state index is 5.30. The van der Waals surface area contributed by atoms with Gasteiger partial charge in [-0.3, -0.25) is 11.3 Å². The van der Waals surface area contributed by atoms with Crippen molar-refractivity contribution in [3.8, 4) is 0 Å². The van der Waals surface area contributed by atoms with Crippen molar-refractivity contribution in [2.75, 3.05) is 0 Å². The van der Waals surface area contributed by atoms with Gasteiger partial charge in [0, 0.05) is 6.04 Å². The van der Waals surface area contributed by atoms with Crippen LogP contribution in [0.2, 0.25) is 0 Å². The average Bonchev–Trinajstić information content (AvgIpc) is 2.50. The number of nitrogens with two attached hydrogens (primary N) is 1. The van der Waals surface area contributed by atoms with E-state index < -0.39 is 0 Å². The molecule has 9 heavy (non-hydrogen) atoms. The van der Waals surface area contributed by atoms with Gasteiger partial charge in [-0.05, 0) is 25.7 Å². The van der Waals surface area contributed by atoms with Gasteiger partial charge in [-0.2, -0.15) is 0 Å². The molecule has 0 spiro atoms. The van der Waals surface area contributed by atoms with Crippen molar-refractivity contribution in [2.45, 2.75) is 25.8 Å². The highest BCUT2D eigenvalue weighted by molar-refractivity contribution is 5.07. The third kappa shape index (κ3) is 1.53. The van der Waals surface area contributed by atoms with Crippen LogP contribution < -0.4 is 11.3 Å². The molecule has 1 saturated carbocycles. The van der Waals surface area contributed by atoms with Gasteiger partial charge in [-0.25, -0.2) is 0 Å². The quantitative estimate of drug-likeness (QED) is 0.333. The first-order valence-corrected chi connectivity index (χ1v) is 3.37. The molecule has 0 amide bonds. The molecule has 2 heteroatoms. The van der Waals surface area contributed by atoms with Gasteiger partial charge >= 0.3 is 0 Å². The number of rotatable bonds is 3. The largest absolute Gasteiger partial charge is 0.271 e. The molecule has 0 aromatic rings. The highest BCUT2D eigenvalue weighted by Gasteiger charge is 2.30. The maximum Gasteiger partial charge on any atom is 0.0442 e. The lowest BCUT2D eigenvalue weighted by Crippen LogP contribution is -2.37. The summed E-state index contributed by atoms with van der Waals surface area (Å²) in [7, 11) is 0.